The highest BCUT2D eigenvalue weighted by Crippen LogP contribution is 2.40. The normalized spacial score (nSPS) is 17.7. The fourth-order valence-electron chi connectivity index (χ4n) is 3.77. The molecular formula is C20H30O2. The summed E-state index contributed by atoms with van der Waals surface area (Å²) in [6.07, 6.45) is 5.63. The van der Waals surface area contributed by atoms with E-state index in [1.807, 2.05) is 6.92 Å². The van der Waals surface area contributed by atoms with Crippen molar-refractivity contribution in [2.24, 2.45) is 0 Å². The highest BCUT2D eigenvalue weighted by atomic mass is 16.5. The van der Waals surface area contributed by atoms with Gasteiger partial charge in [0.1, 0.15) is 0 Å². The van der Waals surface area contributed by atoms with E-state index in [1.54, 1.807) is 5.56 Å². The molecule has 2 rings (SSSR count). The van der Waals surface area contributed by atoms with Crippen LogP contribution in [0.2, 0.25) is 0 Å². The summed E-state index contributed by atoms with van der Waals surface area (Å²) in [6, 6.07) is 2.43. The van der Waals surface area contributed by atoms with Gasteiger partial charge in [-0.15, -0.1) is 0 Å². The molecule has 0 heterocycles. The molecule has 0 saturated heterocycles. The van der Waals surface area contributed by atoms with Crippen LogP contribution in [0.25, 0.3) is 0 Å². The summed E-state index contributed by atoms with van der Waals surface area (Å²) in [4.78, 5) is 11.0. The van der Waals surface area contributed by atoms with Gasteiger partial charge in [0, 0.05) is 6.92 Å². The molecule has 1 atom stereocenters. The predicted molar refractivity (Wildman–Crippen MR) is 91.4 cm³/mol. The Kier molecular flexibility index (Phi) is 4.99. The minimum atomic E-state index is -0.188. The summed E-state index contributed by atoms with van der Waals surface area (Å²) in [6.45, 7) is 12.7. The topological polar surface area (TPSA) is 26.3 Å². The molecule has 0 fully saturated rings. The van der Waals surface area contributed by atoms with E-state index in [0.29, 0.717) is 0 Å². The summed E-state index contributed by atoms with van der Waals surface area (Å²) in [5.74, 6) is -0.188. The van der Waals surface area contributed by atoms with E-state index in [4.69, 9.17) is 4.74 Å². The number of carbonyl (C=O) groups excluding carboxylic acids is 1. The first-order chi connectivity index (χ1) is 10.2. The van der Waals surface area contributed by atoms with Crippen LogP contribution >= 0.6 is 0 Å². The Morgan fingerprint density at radius 1 is 1.32 bits per heavy atom. The quantitative estimate of drug-likeness (QED) is 0.747. The monoisotopic (exact) mass is 302 g/mol. The number of esters is 1. The number of hydrogen-bond donors (Lipinski definition) is 0. The van der Waals surface area contributed by atoms with Crippen molar-refractivity contribution in [3.63, 3.8) is 0 Å². The number of hydrogen-bond acceptors (Lipinski definition) is 2. The fourth-order valence-corrected chi connectivity index (χ4v) is 3.77. The molecule has 0 saturated carbocycles. The van der Waals surface area contributed by atoms with Crippen molar-refractivity contribution in [2.75, 3.05) is 0 Å². The average Bonchev–Trinajstić information content (AvgIpc) is 2.40. The molecule has 1 aromatic carbocycles. The third-order valence-corrected chi connectivity index (χ3v) is 5.29. The van der Waals surface area contributed by atoms with Gasteiger partial charge >= 0.3 is 5.97 Å². The van der Waals surface area contributed by atoms with Crippen molar-refractivity contribution in [1.82, 2.24) is 0 Å². The molecule has 0 aliphatic heterocycles. The third-order valence-electron chi connectivity index (χ3n) is 5.29. The maximum atomic E-state index is 11.0. The highest BCUT2D eigenvalue weighted by Gasteiger charge is 2.29. The fraction of sp³-hybridized carbons (Fsp3) is 0.650. The molecule has 0 amide bonds. The van der Waals surface area contributed by atoms with Crippen LogP contribution in [0.15, 0.2) is 6.07 Å². The number of aryl methyl sites for hydroxylation is 1. The number of rotatable bonds is 4. The molecule has 1 aromatic rings. The minimum Gasteiger partial charge on any atom is -0.463 e. The van der Waals surface area contributed by atoms with Gasteiger partial charge in [-0.05, 0) is 86.1 Å². The average molecular weight is 302 g/mol. The first-order valence-corrected chi connectivity index (χ1v) is 8.52. The van der Waals surface area contributed by atoms with Crippen LogP contribution in [0.4, 0.5) is 0 Å². The number of benzene rings is 1. The Morgan fingerprint density at radius 2 is 2.00 bits per heavy atom. The molecule has 0 radical (unpaired) electrons. The molecule has 2 heteroatoms. The Labute approximate surface area is 135 Å². The third kappa shape index (κ3) is 3.53. The Hall–Kier alpha value is -1.31. The zero-order valence-electron chi connectivity index (χ0n) is 15.0. The molecule has 0 N–H and O–H groups in total. The second kappa shape index (κ2) is 6.44. The first kappa shape index (κ1) is 17.1. The van der Waals surface area contributed by atoms with Gasteiger partial charge in [-0.2, -0.15) is 0 Å². The lowest BCUT2D eigenvalue weighted by Crippen LogP contribution is -2.25. The van der Waals surface area contributed by atoms with Crippen molar-refractivity contribution >= 4 is 5.97 Å². The van der Waals surface area contributed by atoms with Gasteiger partial charge in [-0.3, -0.25) is 4.79 Å². The SMILES string of the molecule is CC(=O)OC(C)CCc1cc2c(c(C)c1C)CCCC2(C)C. The van der Waals surface area contributed by atoms with Crippen LogP contribution in [0.1, 0.15) is 74.8 Å². The van der Waals surface area contributed by atoms with Crippen molar-refractivity contribution in [1.29, 1.82) is 0 Å². The van der Waals surface area contributed by atoms with Gasteiger partial charge in [0.05, 0.1) is 6.10 Å². The maximum Gasteiger partial charge on any atom is 0.302 e. The standard InChI is InChI=1S/C20H30O2/c1-13(22-16(4)21)9-10-17-12-19-18(15(3)14(17)2)8-7-11-20(19,5)6/h12-13H,7-11H2,1-6H3. The Balaban J connectivity index is 2.26. The second-order valence-electron chi connectivity index (χ2n) is 7.51. The molecule has 122 valence electrons. The van der Waals surface area contributed by atoms with E-state index in [0.717, 1.165) is 12.8 Å². The van der Waals surface area contributed by atoms with Crippen LogP contribution < -0.4 is 0 Å². The van der Waals surface area contributed by atoms with Gasteiger partial charge in [0.2, 0.25) is 0 Å². The molecule has 1 unspecified atom stereocenters. The van der Waals surface area contributed by atoms with Gasteiger partial charge in [-0.25, -0.2) is 0 Å². The molecule has 1 aliphatic carbocycles. The smallest absolute Gasteiger partial charge is 0.302 e. The molecule has 0 spiro atoms. The van der Waals surface area contributed by atoms with Crippen LogP contribution in [-0.2, 0) is 27.8 Å². The van der Waals surface area contributed by atoms with E-state index in [1.165, 1.54) is 48.4 Å². The van der Waals surface area contributed by atoms with E-state index in [9.17, 15) is 4.79 Å². The summed E-state index contributed by atoms with van der Waals surface area (Å²) in [5.41, 5.74) is 7.71. The number of carbonyl (C=O) groups is 1. The van der Waals surface area contributed by atoms with Crippen molar-refractivity contribution in [2.45, 2.75) is 85.2 Å². The molecule has 2 nitrogen and oxygen atoms in total. The van der Waals surface area contributed by atoms with Gasteiger partial charge in [0.25, 0.3) is 0 Å². The summed E-state index contributed by atoms with van der Waals surface area (Å²) < 4.78 is 5.26. The Bertz CT molecular complexity index is 570. The van der Waals surface area contributed by atoms with E-state index in [2.05, 4.69) is 33.8 Å². The van der Waals surface area contributed by atoms with E-state index in [-0.39, 0.29) is 17.5 Å². The minimum absolute atomic E-state index is 0.0127. The van der Waals surface area contributed by atoms with Crippen molar-refractivity contribution < 1.29 is 9.53 Å². The number of fused-ring (bicyclic) bond motifs is 1. The van der Waals surface area contributed by atoms with Crippen molar-refractivity contribution in [3.05, 3.63) is 33.9 Å². The summed E-state index contributed by atoms with van der Waals surface area (Å²) in [5, 5.41) is 0. The zero-order chi connectivity index (χ0) is 16.5. The summed E-state index contributed by atoms with van der Waals surface area (Å²) in [7, 11) is 0. The molecule has 0 aromatic heterocycles. The predicted octanol–water partition coefficient (Wildman–Crippen LogP) is 4.80. The van der Waals surface area contributed by atoms with Crippen LogP contribution in [0.3, 0.4) is 0 Å². The molecule has 22 heavy (non-hydrogen) atoms. The number of ether oxygens (including phenoxy) is 1. The zero-order valence-corrected chi connectivity index (χ0v) is 15.0. The second-order valence-corrected chi connectivity index (χ2v) is 7.51. The highest BCUT2D eigenvalue weighted by molar-refractivity contribution is 5.66. The molecule has 0 bridgehead atoms. The molecular weight excluding hydrogens is 272 g/mol. The largest absolute Gasteiger partial charge is 0.463 e. The van der Waals surface area contributed by atoms with Crippen molar-refractivity contribution in [3.8, 4) is 0 Å². The van der Waals surface area contributed by atoms with E-state index >= 15 is 0 Å². The van der Waals surface area contributed by atoms with Gasteiger partial charge < -0.3 is 4.74 Å². The first-order valence-electron chi connectivity index (χ1n) is 8.52. The lowest BCUT2D eigenvalue weighted by molar-refractivity contribution is -0.145. The Morgan fingerprint density at radius 3 is 2.64 bits per heavy atom. The van der Waals surface area contributed by atoms with Gasteiger partial charge in [-0.1, -0.05) is 19.9 Å². The maximum absolute atomic E-state index is 11.0. The lowest BCUT2D eigenvalue weighted by atomic mass is 9.70. The lowest BCUT2D eigenvalue weighted by Gasteiger charge is -2.35. The van der Waals surface area contributed by atoms with Gasteiger partial charge in [0.15, 0.2) is 0 Å². The molecule has 1 aliphatic rings. The summed E-state index contributed by atoms with van der Waals surface area (Å²) >= 11 is 0. The van der Waals surface area contributed by atoms with E-state index < -0.39 is 0 Å². The van der Waals surface area contributed by atoms with Crippen LogP contribution in [0.5, 0.6) is 0 Å². The van der Waals surface area contributed by atoms with Crippen LogP contribution in [-0.4, -0.2) is 12.1 Å². The van der Waals surface area contributed by atoms with Crippen LogP contribution in [0, 0.1) is 13.8 Å².